The summed E-state index contributed by atoms with van der Waals surface area (Å²) in [6.45, 7) is 10.1. The van der Waals surface area contributed by atoms with Crippen LogP contribution in [0.3, 0.4) is 0 Å². The summed E-state index contributed by atoms with van der Waals surface area (Å²) in [7, 11) is 1.66. The summed E-state index contributed by atoms with van der Waals surface area (Å²) in [5, 5.41) is 12.7. The summed E-state index contributed by atoms with van der Waals surface area (Å²) in [6, 6.07) is 4.45. The van der Waals surface area contributed by atoms with Gasteiger partial charge in [-0.1, -0.05) is 27.7 Å². The number of aliphatic hydroxyl groups excluding tert-OH is 1. The third-order valence-corrected chi connectivity index (χ3v) is 7.85. The summed E-state index contributed by atoms with van der Waals surface area (Å²) < 4.78 is 7.82. The molecule has 3 aliphatic heterocycles. The van der Waals surface area contributed by atoms with Crippen molar-refractivity contribution in [3.63, 3.8) is 0 Å². The van der Waals surface area contributed by atoms with Crippen LogP contribution in [0.5, 0.6) is 5.75 Å². The summed E-state index contributed by atoms with van der Waals surface area (Å²) in [4.78, 5) is 30.9. The fraction of sp³-hybridized carbons (Fsp3) is 0.630. The maximum atomic E-state index is 13.8. The van der Waals surface area contributed by atoms with Crippen LogP contribution in [0.15, 0.2) is 18.2 Å². The number of fused-ring (bicyclic) bond motifs is 5. The average molecular weight is 468 g/mol. The minimum Gasteiger partial charge on any atom is -0.497 e. The Balaban J connectivity index is 1.76. The number of amides is 2. The summed E-state index contributed by atoms with van der Waals surface area (Å²) >= 11 is 0. The van der Waals surface area contributed by atoms with Gasteiger partial charge < -0.3 is 24.2 Å². The molecule has 2 fully saturated rings. The van der Waals surface area contributed by atoms with Gasteiger partial charge in [-0.15, -0.1) is 0 Å². The highest BCUT2D eigenvalue weighted by molar-refractivity contribution is 6.00. The van der Waals surface area contributed by atoms with Gasteiger partial charge in [0.2, 0.25) is 11.8 Å². The van der Waals surface area contributed by atoms with E-state index in [1.54, 1.807) is 16.9 Å². The number of aryl methyl sites for hydroxylation is 1. The molecule has 2 amide bonds. The first-order valence-electron chi connectivity index (χ1n) is 12.7. The lowest BCUT2D eigenvalue weighted by Gasteiger charge is -2.51. The molecular formula is C27H37N3O4. The first-order chi connectivity index (χ1) is 16.2. The van der Waals surface area contributed by atoms with Crippen LogP contribution in [0.25, 0.3) is 10.9 Å². The zero-order chi connectivity index (χ0) is 24.3. The molecule has 4 heterocycles. The lowest BCUT2D eigenvalue weighted by molar-refractivity contribution is -0.170. The van der Waals surface area contributed by atoms with Crippen molar-refractivity contribution in [2.75, 3.05) is 13.7 Å². The zero-order valence-corrected chi connectivity index (χ0v) is 21.0. The highest BCUT2D eigenvalue weighted by Gasteiger charge is 2.56. The molecule has 4 atom stereocenters. The van der Waals surface area contributed by atoms with Gasteiger partial charge in [0, 0.05) is 35.8 Å². The maximum absolute atomic E-state index is 13.8. The van der Waals surface area contributed by atoms with Gasteiger partial charge in [-0.05, 0) is 49.7 Å². The molecule has 0 saturated carbocycles. The van der Waals surface area contributed by atoms with E-state index in [2.05, 4.69) is 32.3 Å². The predicted octanol–water partition coefficient (Wildman–Crippen LogP) is 4.03. The van der Waals surface area contributed by atoms with E-state index >= 15 is 0 Å². The summed E-state index contributed by atoms with van der Waals surface area (Å²) in [6.07, 6.45) is 2.22. The van der Waals surface area contributed by atoms with Crippen molar-refractivity contribution in [2.24, 2.45) is 11.8 Å². The molecule has 1 aromatic carbocycles. The van der Waals surface area contributed by atoms with Crippen molar-refractivity contribution in [1.29, 1.82) is 0 Å². The first-order valence-corrected chi connectivity index (χ1v) is 12.7. The molecule has 1 unspecified atom stereocenters. The molecule has 0 spiro atoms. The third-order valence-electron chi connectivity index (χ3n) is 7.85. The number of aliphatic hydroxyl groups is 1. The van der Waals surface area contributed by atoms with Gasteiger partial charge in [0.05, 0.1) is 18.7 Å². The fourth-order valence-electron chi connectivity index (χ4n) is 6.28. The standard InChI is InChI=1S/C27H37N3O4/c1-15(2)10-12-28-20-14-17(34-5)8-9-18(20)22-23(28)21(13-16(3)4)30-24(25(22)31)27(33)29-11-6-7-19(29)26(30)32/h8-9,14-16,19,21,24-25,31H,6-7,10-13H2,1-5H3/t19-,21-,24+,25?/m0/s1. The summed E-state index contributed by atoms with van der Waals surface area (Å²) in [5.41, 5.74) is 2.80. The van der Waals surface area contributed by atoms with E-state index in [0.717, 1.165) is 53.7 Å². The Labute approximate surface area is 201 Å². The SMILES string of the molecule is COc1ccc2c3c(n(CCC(C)C)c2c1)[C@H](CC(C)C)N1C(=O)[C@@H]2CCCN2C(=O)[C@H]1C3O. The zero-order valence-electron chi connectivity index (χ0n) is 21.0. The van der Waals surface area contributed by atoms with Crippen LogP contribution in [0, 0.1) is 11.8 Å². The molecule has 7 nitrogen and oxygen atoms in total. The predicted molar refractivity (Wildman–Crippen MR) is 130 cm³/mol. The Kier molecular flexibility index (Phi) is 5.87. The molecular weight excluding hydrogens is 430 g/mol. The van der Waals surface area contributed by atoms with E-state index in [9.17, 15) is 14.7 Å². The normalized spacial score (nSPS) is 26.5. The van der Waals surface area contributed by atoms with Crippen molar-refractivity contribution in [1.82, 2.24) is 14.4 Å². The minimum absolute atomic E-state index is 0.00398. The van der Waals surface area contributed by atoms with Crippen LogP contribution in [0.1, 0.15) is 76.8 Å². The topological polar surface area (TPSA) is 75.0 Å². The number of benzene rings is 1. The smallest absolute Gasteiger partial charge is 0.249 e. The number of methoxy groups -OCH3 is 1. The molecule has 184 valence electrons. The van der Waals surface area contributed by atoms with Crippen LogP contribution < -0.4 is 4.74 Å². The largest absolute Gasteiger partial charge is 0.497 e. The Morgan fingerprint density at radius 2 is 1.88 bits per heavy atom. The van der Waals surface area contributed by atoms with Gasteiger partial charge in [0.15, 0.2) is 0 Å². The Hall–Kier alpha value is -2.54. The number of aromatic nitrogens is 1. The molecule has 2 saturated heterocycles. The quantitative estimate of drug-likeness (QED) is 0.696. The van der Waals surface area contributed by atoms with E-state index in [1.807, 2.05) is 18.2 Å². The van der Waals surface area contributed by atoms with Gasteiger partial charge in [0.25, 0.3) is 0 Å². The molecule has 1 aromatic heterocycles. The van der Waals surface area contributed by atoms with Crippen molar-refractivity contribution < 1.29 is 19.4 Å². The van der Waals surface area contributed by atoms with E-state index < -0.39 is 12.1 Å². The van der Waals surface area contributed by atoms with E-state index in [4.69, 9.17) is 4.74 Å². The molecule has 3 aliphatic rings. The van der Waals surface area contributed by atoms with E-state index in [1.165, 1.54) is 0 Å². The number of nitrogens with zero attached hydrogens (tertiary/aromatic N) is 3. The molecule has 1 N–H and O–H groups in total. The monoisotopic (exact) mass is 467 g/mol. The lowest BCUT2D eigenvalue weighted by Crippen LogP contribution is -2.66. The van der Waals surface area contributed by atoms with Crippen LogP contribution in [0.2, 0.25) is 0 Å². The average Bonchev–Trinajstić information content (AvgIpc) is 3.40. The number of carbonyl (C=O) groups excluding carboxylic acids is 2. The number of carbonyl (C=O) groups is 2. The Morgan fingerprint density at radius 3 is 2.56 bits per heavy atom. The highest BCUT2D eigenvalue weighted by atomic mass is 16.5. The number of hydrogen-bond acceptors (Lipinski definition) is 4. The molecule has 0 aliphatic carbocycles. The third kappa shape index (κ3) is 3.43. The summed E-state index contributed by atoms with van der Waals surface area (Å²) in [5.74, 6) is 1.48. The van der Waals surface area contributed by atoms with Crippen molar-refractivity contribution >= 4 is 22.7 Å². The first kappa shape index (κ1) is 23.2. The number of ether oxygens (including phenoxy) is 1. The second kappa shape index (κ2) is 8.59. The molecule has 0 radical (unpaired) electrons. The maximum Gasteiger partial charge on any atom is 0.249 e. The highest BCUT2D eigenvalue weighted by Crippen LogP contribution is 2.50. The van der Waals surface area contributed by atoms with Gasteiger partial charge in [-0.3, -0.25) is 9.59 Å². The second-order valence-electron chi connectivity index (χ2n) is 11.0. The molecule has 5 rings (SSSR count). The van der Waals surface area contributed by atoms with E-state index in [-0.39, 0.29) is 23.9 Å². The number of hydrogen-bond donors (Lipinski definition) is 1. The van der Waals surface area contributed by atoms with Crippen LogP contribution in [0.4, 0.5) is 0 Å². The van der Waals surface area contributed by atoms with Gasteiger partial charge in [-0.2, -0.15) is 0 Å². The lowest BCUT2D eigenvalue weighted by atomic mass is 9.83. The molecule has 0 bridgehead atoms. The molecule has 34 heavy (non-hydrogen) atoms. The van der Waals surface area contributed by atoms with Crippen LogP contribution in [-0.4, -0.2) is 57.0 Å². The van der Waals surface area contributed by atoms with Crippen LogP contribution >= 0.6 is 0 Å². The van der Waals surface area contributed by atoms with Gasteiger partial charge in [-0.25, -0.2) is 0 Å². The van der Waals surface area contributed by atoms with Crippen molar-refractivity contribution in [3.05, 3.63) is 29.5 Å². The van der Waals surface area contributed by atoms with Gasteiger partial charge >= 0.3 is 0 Å². The van der Waals surface area contributed by atoms with Crippen LogP contribution in [-0.2, 0) is 16.1 Å². The molecule has 2 aromatic rings. The van der Waals surface area contributed by atoms with Crippen molar-refractivity contribution in [3.8, 4) is 5.75 Å². The Morgan fingerprint density at radius 1 is 1.12 bits per heavy atom. The van der Waals surface area contributed by atoms with Crippen molar-refractivity contribution in [2.45, 2.75) is 84.2 Å². The Bertz CT molecular complexity index is 1120. The minimum atomic E-state index is -1.05. The van der Waals surface area contributed by atoms with E-state index in [0.29, 0.717) is 24.8 Å². The second-order valence-corrected chi connectivity index (χ2v) is 11.0. The number of rotatable bonds is 6. The number of piperazine rings is 1. The molecule has 7 heteroatoms. The van der Waals surface area contributed by atoms with Gasteiger partial charge in [0.1, 0.15) is 23.9 Å². The fourth-order valence-corrected chi connectivity index (χ4v) is 6.28.